The largest absolute Gasteiger partial charge is 0.540 e. The van der Waals surface area contributed by atoms with Gasteiger partial charge in [0.05, 0.1) is 7.11 Å². The van der Waals surface area contributed by atoms with E-state index in [-0.39, 0.29) is 0 Å². The molecular weight excluding hydrogens is 288 g/mol. The molecule has 0 bridgehead atoms. The van der Waals surface area contributed by atoms with Gasteiger partial charge in [0.2, 0.25) is 0 Å². The summed E-state index contributed by atoms with van der Waals surface area (Å²) in [5, 5.41) is 0. The van der Waals surface area contributed by atoms with Crippen LogP contribution in [-0.2, 0) is 6.42 Å². The lowest BCUT2D eigenvalue weighted by Gasteiger charge is -2.42. The molecule has 0 radical (unpaired) electrons. The van der Waals surface area contributed by atoms with Crippen LogP contribution in [0.1, 0.15) is 47.1 Å². The lowest BCUT2D eigenvalue weighted by Crippen LogP contribution is -2.50. The molecule has 22 heavy (non-hydrogen) atoms. The molecule has 0 saturated heterocycles. The van der Waals surface area contributed by atoms with E-state index in [1.807, 2.05) is 6.08 Å². The van der Waals surface area contributed by atoms with Crippen LogP contribution in [0.25, 0.3) is 0 Å². The third-order valence-corrected chi connectivity index (χ3v) is 10.6. The minimum Gasteiger partial charge on any atom is -0.540 e. The molecule has 0 spiro atoms. The summed E-state index contributed by atoms with van der Waals surface area (Å²) >= 11 is 0. The lowest BCUT2D eigenvalue weighted by molar-refractivity contribution is 0.382. The standard InChI is InChI=1S/C19H32O2Si/c1-9-10-17-11-12-18(19(13-17)20-8)21-22(14(2)3,15(4)5)16(6)7/h9,11-16H,1,10H2,2-8H3. The first-order chi connectivity index (χ1) is 10.3. The maximum Gasteiger partial charge on any atom is 0.258 e. The molecule has 0 aromatic heterocycles. The molecule has 1 aromatic rings. The molecule has 124 valence electrons. The smallest absolute Gasteiger partial charge is 0.258 e. The second kappa shape index (κ2) is 7.86. The molecule has 0 atom stereocenters. The van der Waals surface area contributed by atoms with Gasteiger partial charge in [0.15, 0.2) is 5.75 Å². The molecule has 0 aliphatic carbocycles. The first-order valence-corrected chi connectivity index (χ1v) is 10.4. The first-order valence-electron chi connectivity index (χ1n) is 8.26. The molecule has 0 aliphatic rings. The Kier molecular flexibility index (Phi) is 6.73. The fraction of sp³-hybridized carbons (Fsp3) is 0.579. The van der Waals surface area contributed by atoms with E-state index in [0.717, 1.165) is 17.9 Å². The quantitative estimate of drug-likeness (QED) is 0.433. The fourth-order valence-electron chi connectivity index (χ4n) is 3.63. The van der Waals surface area contributed by atoms with Gasteiger partial charge in [-0.25, -0.2) is 0 Å². The van der Waals surface area contributed by atoms with Gasteiger partial charge in [-0.15, -0.1) is 6.58 Å². The molecule has 0 unspecified atom stereocenters. The highest BCUT2D eigenvalue weighted by Gasteiger charge is 2.47. The Morgan fingerprint density at radius 2 is 1.55 bits per heavy atom. The van der Waals surface area contributed by atoms with Crippen LogP contribution in [0.2, 0.25) is 16.6 Å². The number of hydrogen-bond donors (Lipinski definition) is 0. The molecule has 0 aliphatic heterocycles. The van der Waals surface area contributed by atoms with Gasteiger partial charge in [-0.05, 0) is 40.7 Å². The van der Waals surface area contributed by atoms with E-state index in [2.05, 4.69) is 66.3 Å². The lowest BCUT2D eigenvalue weighted by atomic mass is 10.1. The van der Waals surface area contributed by atoms with E-state index in [1.165, 1.54) is 5.56 Å². The van der Waals surface area contributed by atoms with Gasteiger partial charge in [0.1, 0.15) is 5.75 Å². The summed E-state index contributed by atoms with van der Waals surface area (Å²) in [6.45, 7) is 17.6. The van der Waals surface area contributed by atoms with Gasteiger partial charge in [-0.2, -0.15) is 0 Å². The predicted octanol–water partition coefficient (Wildman–Crippen LogP) is 5.98. The molecule has 0 N–H and O–H groups in total. The molecular formula is C19H32O2Si. The highest BCUT2D eigenvalue weighted by atomic mass is 28.4. The van der Waals surface area contributed by atoms with Crippen LogP contribution < -0.4 is 9.16 Å². The van der Waals surface area contributed by atoms with Crippen LogP contribution in [-0.4, -0.2) is 15.4 Å². The maximum absolute atomic E-state index is 6.73. The van der Waals surface area contributed by atoms with Gasteiger partial charge in [-0.1, -0.05) is 53.7 Å². The summed E-state index contributed by atoms with van der Waals surface area (Å²) in [5.74, 6) is 1.72. The molecule has 0 heterocycles. The molecule has 1 aromatic carbocycles. The molecule has 0 saturated carbocycles. The summed E-state index contributed by atoms with van der Waals surface area (Å²) in [6, 6.07) is 6.24. The first kappa shape index (κ1) is 18.8. The summed E-state index contributed by atoms with van der Waals surface area (Å²) in [4.78, 5) is 0. The van der Waals surface area contributed by atoms with Crippen molar-refractivity contribution in [2.24, 2.45) is 0 Å². The normalized spacial score (nSPS) is 12.1. The second-order valence-corrected chi connectivity index (χ2v) is 12.3. The van der Waals surface area contributed by atoms with Crippen LogP contribution in [0.5, 0.6) is 11.5 Å². The zero-order valence-electron chi connectivity index (χ0n) is 15.3. The van der Waals surface area contributed by atoms with E-state index < -0.39 is 8.32 Å². The Labute approximate surface area is 137 Å². The number of benzene rings is 1. The monoisotopic (exact) mass is 320 g/mol. The molecule has 1 rings (SSSR count). The Morgan fingerprint density at radius 3 is 1.95 bits per heavy atom. The topological polar surface area (TPSA) is 18.5 Å². The Hall–Kier alpha value is -1.22. The van der Waals surface area contributed by atoms with Crippen molar-refractivity contribution in [3.05, 3.63) is 36.4 Å². The summed E-state index contributed by atoms with van der Waals surface area (Å²) in [6.07, 6.45) is 2.75. The van der Waals surface area contributed by atoms with E-state index in [1.54, 1.807) is 7.11 Å². The minimum absolute atomic E-state index is 0.546. The van der Waals surface area contributed by atoms with E-state index >= 15 is 0 Å². The average Bonchev–Trinajstić information content (AvgIpc) is 2.44. The van der Waals surface area contributed by atoms with Gasteiger partial charge in [0, 0.05) is 0 Å². The van der Waals surface area contributed by atoms with Crippen molar-refractivity contribution in [3.8, 4) is 11.5 Å². The van der Waals surface area contributed by atoms with Gasteiger partial charge < -0.3 is 9.16 Å². The molecule has 3 heteroatoms. The Morgan fingerprint density at radius 1 is 1.00 bits per heavy atom. The number of hydrogen-bond acceptors (Lipinski definition) is 2. The highest BCUT2D eigenvalue weighted by Crippen LogP contribution is 2.44. The number of methoxy groups -OCH3 is 1. The van der Waals surface area contributed by atoms with Gasteiger partial charge in [-0.3, -0.25) is 0 Å². The third kappa shape index (κ3) is 3.75. The number of allylic oxidation sites excluding steroid dienone is 1. The summed E-state index contributed by atoms with van der Waals surface area (Å²) < 4.78 is 12.3. The predicted molar refractivity (Wildman–Crippen MR) is 98.6 cm³/mol. The molecule has 2 nitrogen and oxygen atoms in total. The van der Waals surface area contributed by atoms with Crippen molar-refractivity contribution in [1.29, 1.82) is 0 Å². The van der Waals surface area contributed by atoms with Crippen molar-refractivity contribution in [1.82, 2.24) is 0 Å². The van der Waals surface area contributed by atoms with Gasteiger partial charge in [0.25, 0.3) is 8.32 Å². The summed E-state index contributed by atoms with van der Waals surface area (Å²) in [5.41, 5.74) is 2.84. The Balaban J connectivity index is 3.26. The van der Waals surface area contributed by atoms with Crippen LogP contribution in [0.15, 0.2) is 30.9 Å². The second-order valence-electron chi connectivity index (χ2n) is 6.90. The van der Waals surface area contributed by atoms with E-state index in [9.17, 15) is 0 Å². The van der Waals surface area contributed by atoms with Crippen molar-refractivity contribution < 1.29 is 9.16 Å². The highest BCUT2D eigenvalue weighted by molar-refractivity contribution is 6.78. The minimum atomic E-state index is -1.95. The number of rotatable bonds is 8. The third-order valence-electron chi connectivity index (χ3n) is 4.60. The number of ether oxygens (including phenoxy) is 1. The fourth-order valence-corrected chi connectivity index (χ4v) is 8.89. The van der Waals surface area contributed by atoms with E-state index in [0.29, 0.717) is 16.6 Å². The zero-order chi connectivity index (χ0) is 16.9. The average molecular weight is 321 g/mol. The van der Waals surface area contributed by atoms with Crippen molar-refractivity contribution in [2.75, 3.05) is 7.11 Å². The Bertz CT molecular complexity index is 470. The molecule has 0 amide bonds. The van der Waals surface area contributed by atoms with Crippen molar-refractivity contribution in [2.45, 2.75) is 64.6 Å². The van der Waals surface area contributed by atoms with Crippen molar-refractivity contribution >= 4 is 8.32 Å². The SMILES string of the molecule is C=CCc1ccc(O[Si](C(C)C)(C(C)C)C(C)C)c(OC)c1. The maximum atomic E-state index is 6.73. The van der Waals surface area contributed by atoms with Gasteiger partial charge >= 0.3 is 0 Å². The van der Waals surface area contributed by atoms with Crippen LogP contribution in [0.4, 0.5) is 0 Å². The molecule has 0 fully saturated rings. The van der Waals surface area contributed by atoms with Crippen LogP contribution >= 0.6 is 0 Å². The van der Waals surface area contributed by atoms with Crippen LogP contribution in [0, 0.1) is 0 Å². The summed E-state index contributed by atoms with van der Waals surface area (Å²) in [7, 11) is -0.241. The zero-order valence-corrected chi connectivity index (χ0v) is 16.3. The van der Waals surface area contributed by atoms with E-state index in [4.69, 9.17) is 9.16 Å². The van der Waals surface area contributed by atoms with Crippen molar-refractivity contribution in [3.63, 3.8) is 0 Å². The van der Waals surface area contributed by atoms with Crippen LogP contribution in [0.3, 0.4) is 0 Å².